The Hall–Kier alpha value is -5.23. The van der Waals surface area contributed by atoms with Crippen LogP contribution in [0.2, 0.25) is 0 Å². The normalized spacial score (nSPS) is 12.3. The minimum Gasteiger partial charge on any atom is -0.432 e. The third-order valence-corrected chi connectivity index (χ3v) is 6.18. The van der Waals surface area contributed by atoms with Crippen molar-refractivity contribution in [2.45, 2.75) is 38.5 Å². The summed E-state index contributed by atoms with van der Waals surface area (Å²) in [7, 11) is 0. The first-order valence-corrected chi connectivity index (χ1v) is 13.3. The van der Waals surface area contributed by atoms with Crippen LogP contribution in [0.5, 0.6) is 0 Å². The van der Waals surface area contributed by atoms with Gasteiger partial charge in [0.25, 0.3) is 6.01 Å². The Morgan fingerprint density at radius 3 is 2.20 bits per heavy atom. The van der Waals surface area contributed by atoms with Crippen LogP contribution >= 0.6 is 0 Å². The molecule has 0 amide bonds. The van der Waals surface area contributed by atoms with Crippen LogP contribution in [-0.4, -0.2) is 24.9 Å². The van der Waals surface area contributed by atoms with Crippen molar-refractivity contribution in [2.24, 2.45) is 0 Å². The Kier molecular flexibility index (Phi) is 8.92. The summed E-state index contributed by atoms with van der Waals surface area (Å²) >= 11 is 0. The first-order valence-electron chi connectivity index (χ1n) is 13.3. The van der Waals surface area contributed by atoms with E-state index >= 15 is 0 Å². The van der Waals surface area contributed by atoms with Gasteiger partial charge in [0.15, 0.2) is 0 Å². The molecule has 0 spiro atoms. The molecule has 4 heterocycles. The molecule has 40 heavy (non-hydrogen) atoms. The fourth-order valence-electron chi connectivity index (χ4n) is 4.12. The number of hydrogen-bond donors (Lipinski definition) is 3. The largest absolute Gasteiger partial charge is 0.432 e. The summed E-state index contributed by atoms with van der Waals surface area (Å²) in [5, 5.41) is 6.20. The van der Waals surface area contributed by atoms with E-state index < -0.39 is 0 Å². The quantitative estimate of drug-likeness (QED) is 0.212. The van der Waals surface area contributed by atoms with Gasteiger partial charge in [0, 0.05) is 35.5 Å². The summed E-state index contributed by atoms with van der Waals surface area (Å²) in [6.45, 7) is 0. The number of hydrogen-bond acceptors (Lipinski definition) is 9. The number of nitrogens with zero attached hydrogens (tertiary/aromatic N) is 5. The monoisotopic (exact) mass is 530 g/mol. The van der Waals surface area contributed by atoms with Crippen LogP contribution < -0.4 is 16.4 Å². The van der Waals surface area contributed by atoms with E-state index in [1.54, 1.807) is 24.8 Å². The first-order chi connectivity index (χ1) is 19.7. The minimum absolute atomic E-state index is 0.353. The van der Waals surface area contributed by atoms with Crippen molar-refractivity contribution < 1.29 is 4.42 Å². The predicted molar refractivity (Wildman–Crippen MR) is 157 cm³/mol. The summed E-state index contributed by atoms with van der Waals surface area (Å²) in [6.07, 6.45) is 17.1. The maximum absolute atomic E-state index is 6.11. The van der Waals surface area contributed by atoms with Crippen LogP contribution in [-0.2, 0) is 0 Å². The lowest BCUT2D eigenvalue weighted by atomic mass is 10.0. The van der Waals surface area contributed by atoms with Gasteiger partial charge in [0.2, 0.25) is 5.95 Å². The molecular weight excluding hydrogens is 500 g/mol. The van der Waals surface area contributed by atoms with Crippen LogP contribution in [0.15, 0.2) is 90.1 Å². The Bertz CT molecular complexity index is 1540. The molecule has 4 aromatic heterocycles. The van der Waals surface area contributed by atoms with Crippen molar-refractivity contribution in [3.8, 4) is 23.1 Å². The molecule has 0 atom stereocenters. The Balaban J connectivity index is 0.000000477. The second kappa shape index (κ2) is 13.5. The molecule has 0 aliphatic heterocycles. The van der Waals surface area contributed by atoms with E-state index in [1.807, 2.05) is 54.6 Å². The highest BCUT2D eigenvalue weighted by Crippen LogP contribution is 2.23. The Morgan fingerprint density at radius 1 is 0.725 bits per heavy atom. The van der Waals surface area contributed by atoms with Gasteiger partial charge in [-0.3, -0.25) is 4.98 Å². The molecule has 9 nitrogen and oxygen atoms in total. The highest BCUT2D eigenvalue weighted by atomic mass is 16.4. The molecule has 0 radical (unpaired) electrons. The molecule has 200 valence electrons. The SMILES string of the molecule is C1CCCCC1.Nc1nc(Nc2ccc(C#Cc3cc(Nc4ncco4)ccn3)cc2)ncc1-c1ccccn1. The van der Waals surface area contributed by atoms with Crippen LogP contribution in [0.4, 0.5) is 29.2 Å². The third-order valence-electron chi connectivity index (χ3n) is 6.18. The topological polar surface area (TPSA) is 128 Å². The highest BCUT2D eigenvalue weighted by molar-refractivity contribution is 5.71. The molecule has 0 unspecified atom stereocenters. The second-order valence-electron chi connectivity index (χ2n) is 9.17. The molecule has 0 bridgehead atoms. The number of rotatable bonds is 5. The van der Waals surface area contributed by atoms with Crippen molar-refractivity contribution in [3.05, 3.63) is 96.9 Å². The standard InChI is InChI=1S/C25H18N8O.C6H12/c26-23-21(22-3-1-2-11-28-22)16-30-24(33-23)31-18-7-4-17(5-8-18)6-9-19-15-20(10-12-27-19)32-25-29-13-14-34-25;1-2-4-6-5-3-1/h1-5,7-8,10-16H,(H,27,29,32)(H3,26,30,31,33);1-6H2. The van der Waals surface area contributed by atoms with Gasteiger partial charge in [-0.05, 0) is 54.5 Å². The van der Waals surface area contributed by atoms with E-state index in [-0.39, 0.29) is 0 Å². The lowest BCUT2D eigenvalue weighted by molar-refractivity contribution is 0.504. The number of pyridine rings is 2. The maximum Gasteiger partial charge on any atom is 0.299 e. The van der Waals surface area contributed by atoms with E-state index in [0.717, 1.165) is 22.6 Å². The molecule has 1 aliphatic carbocycles. The fourth-order valence-corrected chi connectivity index (χ4v) is 4.12. The van der Waals surface area contributed by atoms with E-state index in [1.165, 1.54) is 44.8 Å². The van der Waals surface area contributed by atoms with Crippen LogP contribution in [0.1, 0.15) is 49.8 Å². The van der Waals surface area contributed by atoms with Gasteiger partial charge in [-0.15, -0.1) is 0 Å². The van der Waals surface area contributed by atoms with Crippen LogP contribution in [0, 0.1) is 11.8 Å². The van der Waals surface area contributed by atoms with Crippen LogP contribution in [0.25, 0.3) is 11.3 Å². The minimum atomic E-state index is 0.353. The molecule has 6 rings (SSSR count). The van der Waals surface area contributed by atoms with Gasteiger partial charge >= 0.3 is 0 Å². The van der Waals surface area contributed by atoms with Crippen molar-refractivity contribution in [2.75, 3.05) is 16.4 Å². The lowest BCUT2D eigenvalue weighted by Crippen LogP contribution is -2.02. The number of oxazole rings is 1. The number of nitrogens with one attached hydrogen (secondary N) is 2. The zero-order valence-corrected chi connectivity index (χ0v) is 22.0. The Morgan fingerprint density at radius 2 is 1.52 bits per heavy atom. The highest BCUT2D eigenvalue weighted by Gasteiger charge is 2.08. The van der Waals surface area contributed by atoms with Crippen molar-refractivity contribution >= 4 is 29.2 Å². The van der Waals surface area contributed by atoms with Gasteiger partial charge in [-0.1, -0.05) is 50.5 Å². The molecule has 5 aromatic rings. The predicted octanol–water partition coefficient (Wildman–Crippen LogP) is 6.73. The van der Waals surface area contributed by atoms with Crippen molar-refractivity contribution in [1.82, 2.24) is 24.9 Å². The molecule has 1 saturated carbocycles. The number of anilines is 5. The molecular formula is C31H30N8O. The summed E-state index contributed by atoms with van der Waals surface area (Å²) in [5.74, 6) is 6.92. The van der Waals surface area contributed by atoms with Gasteiger partial charge in [0.1, 0.15) is 17.8 Å². The second-order valence-corrected chi connectivity index (χ2v) is 9.17. The van der Waals surface area contributed by atoms with Gasteiger partial charge < -0.3 is 20.8 Å². The summed E-state index contributed by atoms with van der Waals surface area (Å²) in [6, 6.07) is 17.2. The molecule has 4 N–H and O–H groups in total. The molecule has 1 aromatic carbocycles. The van der Waals surface area contributed by atoms with E-state index in [4.69, 9.17) is 10.2 Å². The smallest absolute Gasteiger partial charge is 0.299 e. The molecule has 9 heteroatoms. The van der Waals surface area contributed by atoms with Gasteiger partial charge in [-0.2, -0.15) is 4.98 Å². The first kappa shape index (κ1) is 26.4. The summed E-state index contributed by atoms with van der Waals surface area (Å²) in [5.41, 5.74) is 10.6. The van der Waals surface area contributed by atoms with E-state index in [9.17, 15) is 0 Å². The Labute approximate surface area is 233 Å². The lowest BCUT2D eigenvalue weighted by Gasteiger charge is -2.08. The van der Waals surface area contributed by atoms with Gasteiger partial charge in [-0.25, -0.2) is 15.0 Å². The molecule has 1 aliphatic rings. The number of nitrogens with two attached hydrogens (primary N) is 1. The molecule has 1 fully saturated rings. The average Bonchev–Trinajstić information content (AvgIpc) is 3.52. The maximum atomic E-state index is 6.11. The zero-order valence-electron chi connectivity index (χ0n) is 22.0. The average molecular weight is 531 g/mol. The summed E-state index contributed by atoms with van der Waals surface area (Å²) < 4.78 is 5.19. The van der Waals surface area contributed by atoms with Gasteiger partial charge in [0.05, 0.1) is 17.5 Å². The van der Waals surface area contributed by atoms with E-state index in [0.29, 0.717) is 29.0 Å². The molecule has 0 saturated heterocycles. The zero-order chi connectivity index (χ0) is 27.4. The number of aromatic nitrogens is 5. The van der Waals surface area contributed by atoms with Crippen molar-refractivity contribution in [1.29, 1.82) is 0 Å². The fraction of sp³-hybridized carbons (Fsp3) is 0.194. The summed E-state index contributed by atoms with van der Waals surface area (Å²) in [4.78, 5) is 21.3. The van der Waals surface area contributed by atoms with Crippen LogP contribution in [0.3, 0.4) is 0 Å². The third kappa shape index (κ3) is 7.65. The number of benzene rings is 1. The number of nitrogen functional groups attached to an aromatic ring is 1. The van der Waals surface area contributed by atoms with Crippen molar-refractivity contribution in [3.63, 3.8) is 0 Å². The van der Waals surface area contributed by atoms with E-state index in [2.05, 4.69) is 47.4 Å².